The minimum Gasteiger partial charge on any atom is -0.353 e. The maximum Gasteiger partial charge on any atom is 0.103 e. The molecule has 1 fully saturated rings. The van der Waals surface area contributed by atoms with Crippen molar-refractivity contribution < 1.29 is 0 Å². The first-order valence-electron chi connectivity index (χ1n) is 9.56. The molecule has 0 amide bonds. The summed E-state index contributed by atoms with van der Waals surface area (Å²) in [4.78, 5) is 4.23. The van der Waals surface area contributed by atoms with Gasteiger partial charge in [0, 0.05) is 29.4 Å². The lowest BCUT2D eigenvalue weighted by atomic mass is 9.76. The van der Waals surface area contributed by atoms with Gasteiger partial charge in [-0.2, -0.15) is 0 Å². The van der Waals surface area contributed by atoms with E-state index in [-0.39, 0.29) is 5.54 Å². The minimum absolute atomic E-state index is 0.180. The van der Waals surface area contributed by atoms with Gasteiger partial charge in [0.2, 0.25) is 0 Å². The third kappa shape index (κ3) is 1.90. The molecule has 1 spiro atoms. The first-order valence-corrected chi connectivity index (χ1v) is 10.4. The molecule has 2 nitrogen and oxygen atoms in total. The average molecular weight is 351 g/mol. The van der Waals surface area contributed by atoms with E-state index in [1.807, 2.05) is 11.3 Å². The van der Waals surface area contributed by atoms with Crippen molar-refractivity contribution in [3.8, 4) is 0 Å². The fourth-order valence-corrected chi connectivity index (χ4v) is 6.55. The molecule has 1 aliphatic heterocycles. The number of fused-ring (bicyclic) bond motifs is 4. The fourth-order valence-electron chi connectivity index (χ4n) is 5.66. The second kappa shape index (κ2) is 5.38. The predicted octanol–water partition coefficient (Wildman–Crippen LogP) is 6.29. The van der Waals surface area contributed by atoms with Crippen molar-refractivity contribution in [3.63, 3.8) is 0 Å². The first-order chi connectivity index (χ1) is 12.1. The summed E-state index contributed by atoms with van der Waals surface area (Å²) in [7, 11) is 2.27. The lowest BCUT2D eigenvalue weighted by molar-refractivity contribution is 0.285. The van der Waals surface area contributed by atoms with Crippen molar-refractivity contribution in [1.29, 1.82) is 0 Å². The van der Waals surface area contributed by atoms with Crippen molar-refractivity contribution >= 4 is 27.2 Å². The lowest BCUT2D eigenvalue weighted by Gasteiger charge is -2.46. The Morgan fingerprint density at radius 3 is 2.60 bits per heavy atom. The van der Waals surface area contributed by atoms with Crippen molar-refractivity contribution in [1.82, 2.24) is 4.57 Å². The fraction of sp³-hybridized carbons (Fsp3) is 0.455. The zero-order valence-corrected chi connectivity index (χ0v) is 16.2. The Bertz CT molecular complexity index is 942. The van der Waals surface area contributed by atoms with Crippen molar-refractivity contribution in [2.24, 2.45) is 7.05 Å². The highest BCUT2D eigenvalue weighted by molar-refractivity contribution is 7.16. The Kier molecular flexibility index (Phi) is 3.34. The number of hydrogen-bond donors (Lipinski definition) is 0. The van der Waals surface area contributed by atoms with Crippen LogP contribution in [0.4, 0.5) is 5.69 Å². The molecule has 3 heteroatoms. The smallest absolute Gasteiger partial charge is 0.103 e. The number of para-hydroxylation sites is 1. The molecular formula is C22H26N2S. The van der Waals surface area contributed by atoms with E-state index in [1.54, 1.807) is 11.3 Å². The van der Waals surface area contributed by atoms with Gasteiger partial charge in [-0.25, -0.2) is 0 Å². The Morgan fingerprint density at radius 2 is 1.84 bits per heavy atom. The summed E-state index contributed by atoms with van der Waals surface area (Å²) in [5, 5.41) is 3.77. The molecule has 1 aromatic carbocycles. The molecule has 130 valence electrons. The summed E-state index contributed by atoms with van der Waals surface area (Å²) in [6.45, 7) is 4.68. The van der Waals surface area contributed by atoms with Gasteiger partial charge >= 0.3 is 0 Å². The summed E-state index contributed by atoms with van der Waals surface area (Å²) in [5.74, 6) is 0. The second-order valence-electron chi connectivity index (χ2n) is 7.88. The van der Waals surface area contributed by atoms with Crippen LogP contribution in [0.25, 0.3) is 10.2 Å². The third-order valence-corrected chi connectivity index (χ3v) is 7.59. The van der Waals surface area contributed by atoms with Crippen LogP contribution in [0.5, 0.6) is 0 Å². The molecule has 2 aliphatic rings. The van der Waals surface area contributed by atoms with Gasteiger partial charge in [0.1, 0.15) is 4.83 Å². The van der Waals surface area contributed by atoms with E-state index >= 15 is 0 Å². The number of hydrogen-bond acceptors (Lipinski definition) is 2. The zero-order chi connectivity index (χ0) is 17.2. The van der Waals surface area contributed by atoms with Gasteiger partial charge in [0.25, 0.3) is 0 Å². The molecule has 1 saturated carbocycles. The quantitative estimate of drug-likeness (QED) is 0.501. The standard InChI is InChI=1S/C22H26N2S/c1-15-9-5-6-10-18(15)24-16(2)20-19(22(24)12-7-4-8-13-22)17-11-14-25-21(17)23(20)3/h5-6,9-11,14,16H,4,7-8,12-13H2,1-3H3. The van der Waals surface area contributed by atoms with E-state index in [9.17, 15) is 0 Å². The van der Waals surface area contributed by atoms with Crippen LogP contribution in [0.1, 0.15) is 61.9 Å². The second-order valence-corrected chi connectivity index (χ2v) is 8.78. The highest BCUT2D eigenvalue weighted by Gasteiger charge is 2.52. The van der Waals surface area contributed by atoms with Crippen LogP contribution in [-0.4, -0.2) is 4.57 Å². The van der Waals surface area contributed by atoms with Gasteiger partial charge in [-0.05, 0) is 49.8 Å². The molecule has 0 radical (unpaired) electrons. The molecule has 1 unspecified atom stereocenters. The largest absolute Gasteiger partial charge is 0.353 e. The van der Waals surface area contributed by atoms with E-state index in [1.165, 1.54) is 53.6 Å². The molecule has 1 aliphatic carbocycles. The van der Waals surface area contributed by atoms with E-state index < -0.39 is 0 Å². The van der Waals surface area contributed by atoms with Crippen LogP contribution < -0.4 is 4.90 Å². The van der Waals surface area contributed by atoms with Crippen molar-refractivity contribution in [2.45, 2.75) is 57.5 Å². The predicted molar refractivity (Wildman–Crippen MR) is 108 cm³/mol. The van der Waals surface area contributed by atoms with Gasteiger partial charge in [-0.1, -0.05) is 37.5 Å². The Morgan fingerprint density at radius 1 is 1.08 bits per heavy atom. The third-order valence-electron chi connectivity index (χ3n) is 6.60. The summed E-state index contributed by atoms with van der Waals surface area (Å²) in [6, 6.07) is 11.8. The topological polar surface area (TPSA) is 8.17 Å². The van der Waals surface area contributed by atoms with Gasteiger partial charge in [-0.3, -0.25) is 0 Å². The van der Waals surface area contributed by atoms with Gasteiger partial charge in [0.05, 0.1) is 11.6 Å². The molecule has 3 heterocycles. The summed E-state index contributed by atoms with van der Waals surface area (Å²) in [5.41, 5.74) is 6.19. The first kappa shape index (κ1) is 15.5. The van der Waals surface area contributed by atoms with Gasteiger partial charge < -0.3 is 9.47 Å². The molecule has 5 rings (SSSR count). The van der Waals surface area contributed by atoms with E-state index in [0.29, 0.717) is 6.04 Å². The Balaban J connectivity index is 1.81. The van der Waals surface area contributed by atoms with Crippen molar-refractivity contribution in [3.05, 3.63) is 52.5 Å². The van der Waals surface area contributed by atoms with Crippen LogP contribution in [0.15, 0.2) is 35.7 Å². The zero-order valence-electron chi connectivity index (χ0n) is 15.4. The van der Waals surface area contributed by atoms with E-state index in [4.69, 9.17) is 0 Å². The van der Waals surface area contributed by atoms with E-state index in [0.717, 1.165) is 0 Å². The maximum absolute atomic E-state index is 2.78. The highest BCUT2D eigenvalue weighted by Crippen LogP contribution is 2.58. The Labute approximate surface area is 154 Å². The maximum atomic E-state index is 2.78. The summed E-state index contributed by atoms with van der Waals surface area (Å²) < 4.78 is 2.48. The highest BCUT2D eigenvalue weighted by atomic mass is 32.1. The molecule has 0 saturated heterocycles. The monoisotopic (exact) mass is 350 g/mol. The van der Waals surface area contributed by atoms with Crippen molar-refractivity contribution in [2.75, 3.05) is 4.90 Å². The molecule has 0 N–H and O–H groups in total. The van der Waals surface area contributed by atoms with Gasteiger partial charge in [0.15, 0.2) is 0 Å². The van der Waals surface area contributed by atoms with Crippen LogP contribution in [0.2, 0.25) is 0 Å². The normalized spacial score (nSPS) is 22.0. The Hall–Kier alpha value is -1.74. The van der Waals surface area contributed by atoms with Crippen LogP contribution in [0.3, 0.4) is 0 Å². The molecule has 2 aromatic heterocycles. The van der Waals surface area contributed by atoms with Gasteiger partial charge in [-0.15, -0.1) is 11.3 Å². The SMILES string of the molecule is Cc1ccccc1N1C(C)c2c(c3ccsc3n2C)C12CCCCC2. The number of benzene rings is 1. The number of aryl methyl sites for hydroxylation is 2. The van der Waals surface area contributed by atoms with Crippen LogP contribution >= 0.6 is 11.3 Å². The van der Waals surface area contributed by atoms with E-state index in [2.05, 4.69) is 66.1 Å². The number of rotatable bonds is 1. The average Bonchev–Trinajstić information content (AvgIpc) is 3.25. The lowest BCUT2D eigenvalue weighted by Crippen LogP contribution is -2.44. The molecular weight excluding hydrogens is 324 g/mol. The number of aromatic nitrogens is 1. The molecule has 3 aromatic rings. The number of nitrogens with zero attached hydrogens (tertiary/aromatic N) is 2. The van der Waals surface area contributed by atoms with Crippen LogP contribution in [0, 0.1) is 6.92 Å². The summed E-state index contributed by atoms with van der Waals surface area (Å²) >= 11 is 1.89. The summed E-state index contributed by atoms with van der Waals surface area (Å²) in [6.07, 6.45) is 6.64. The number of thiophene rings is 1. The number of anilines is 1. The molecule has 0 bridgehead atoms. The van der Waals surface area contributed by atoms with Crippen LogP contribution in [-0.2, 0) is 12.6 Å². The minimum atomic E-state index is 0.180. The molecule has 1 atom stereocenters. The molecule has 25 heavy (non-hydrogen) atoms.